The summed E-state index contributed by atoms with van der Waals surface area (Å²) in [5.74, 6) is -0.409. The molecule has 1 saturated heterocycles. The van der Waals surface area contributed by atoms with Gasteiger partial charge in [0.25, 0.3) is 0 Å². The summed E-state index contributed by atoms with van der Waals surface area (Å²) in [6, 6.07) is 0. The van der Waals surface area contributed by atoms with Crippen LogP contribution in [0.2, 0.25) is 0 Å². The second-order valence-electron chi connectivity index (χ2n) is 5.80. The maximum absolute atomic E-state index is 12.1. The van der Waals surface area contributed by atoms with Crippen LogP contribution < -0.4 is 0 Å². The molecule has 0 N–H and O–H groups in total. The van der Waals surface area contributed by atoms with E-state index in [2.05, 4.69) is 0 Å². The molecule has 0 aliphatic carbocycles. The van der Waals surface area contributed by atoms with Gasteiger partial charge in [-0.15, -0.1) is 0 Å². The third-order valence-electron chi connectivity index (χ3n) is 2.95. The number of hydrogen-bond donors (Lipinski definition) is 0. The number of rotatable bonds is 4. The molecule has 1 unspecified atom stereocenters. The van der Waals surface area contributed by atoms with Gasteiger partial charge in [-0.25, -0.2) is 9.59 Å². The molecule has 0 aromatic heterocycles. The van der Waals surface area contributed by atoms with E-state index < -0.39 is 23.3 Å². The van der Waals surface area contributed by atoms with Crippen LogP contribution in [-0.2, 0) is 19.0 Å². The van der Waals surface area contributed by atoms with Gasteiger partial charge in [0.1, 0.15) is 5.60 Å². The molecule has 6 nitrogen and oxygen atoms in total. The summed E-state index contributed by atoms with van der Waals surface area (Å²) in [6.45, 7) is 10.3. The maximum atomic E-state index is 12.1. The molecule has 0 radical (unpaired) electrons. The lowest BCUT2D eigenvalue weighted by molar-refractivity contribution is -0.170. The smallest absolute Gasteiger partial charge is 0.410 e. The van der Waals surface area contributed by atoms with Crippen LogP contribution in [0.15, 0.2) is 0 Å². The van der Waals surface area contributed by atoms with Gasteiger partial charge in [0, 0.05) is 19.6 Å². The quantitative estimate of drug-likeness (QED) is 0.740. The van der Waals surface area contributed by atoms with Crippen molar-refractivity contribution in [3.63, 3.8) is 0 Å². The number of esters is 1. The fourth-order valence-electron chi connectivity index (χ4n) is 2.15. The molecule has 1 heterocycles. The Labute approximate surface area is 120 Å². The Bertz CT molecular complexity index is 363. The number of carbonyl (C=O) groups excluding carboxylic acids is 2. The Hall–Kier alpha value is -1.30. The Morgan fingerprint density at radius 3 is 2.35 bits per heavy atom. The fourth-order valence-corrected chi connectivity index (χ4v) is 2.15. The minimum absolute atomic E-state index is 0.175. The van der Waals surface area contributed by atoms with Crippen LogP contribution in [0.1, 0.15) is 41.0 Å². The summed E-state index contributed by atoms with van der Waals surface area (Å²) in [5.41, 5.74) is -1.61. The van der Waals surface area contributed by atoms with Gasteiger partial charge in [0.05, 0.1) is 13.2 Å². The van der Waals surface area contributed by atoms with Crippen LogP contribution in [0.3, 0.4) is 0 Å². The van der Waals surface area contributed by atoms with Crippen LogP contribution in [0, 0.1) is 0 Å². The Morgan fingerprint density at radius 2 is 1.85 bits per heavy atom. The van der Waals surface area contributed by atoms with Gasteiger partial charge in [-0.2, -0.15) is 0 Å². The summed E-state index contributed by atoms with van der Waals surface area (Å²) < 4.78 is 16.0. The van der Waals surface area contributed by atoms with Gasteiger partial charge in [0.2, 0.25) is 0 Å². The minimum Gasteiger partial charge on any atom is -0.464 e. The van der Waals surface area contributed by atoms with E-state index >= 15 is 0 Å². The van der Waals surface area contributed by atoms with E-state index in [1.807, 2.05) is 27.7 Å². The monoisotopic (exact) mass is 287 g/mol. The fraction of sp³-hybridized carbons (Fsp3) is 0.857. The third kappa shape index (κ3) is 4.10. The van der Waals surface area contributed by atoms with E-state index in [9.17, 15) is 9.59 Å². The zero-order valence-corrected chi connectivity index (χ0v) is 13.0. The number of hydrogen-bond acceptors (Lipinski definition) is 5. The third-order valence-corrected chi connectivity index (χ3v) is 2.95. The zero-order chi connectivity index (χ0) is 15.4. The van der Waals surface area contributed by atoms with Crippen molar-refractivity contribution in [2.45, 2.75) is 52.2 Å². The molecule has 1 fully saturated rings. The van der Waals surface area contributed by atoms with Gasteiger partial charge < -0.3 is 19.1 Å². The first-order valence-corrected chi connectivity index (χ1v) is 7.03. The lowest BCUT2D eigenvalue weighted by Gasteiger charge is -2.28. The van der Waals surface area contributed by atoms with Crippen molar-refractivity contribution in [1.82, 2.24) is 4.90 Å². The van der Waals surface area contributed by atoms with Crippen LogP contribution in [0.4, 0.5) is 4.79 Å². The van der Waals surface area contributed by atoms with E-state index in [0.29, 0.717) is 26.2 Å². The highest BCUT2D eigenvalue weighted by atomic mass is 16.6. The average molecular weight is 287 g/mol. The number of ether oxygens (including phenoxy) is 3. The molecule has 6 heteroatoms. The molecule has 116 valence electrons. The summed E-state index contributed by atoms with van der Waals surface area (Å²) in [6.07, 6.45) is 0.00205. The number of nitrogens with zero attached hydrogens (tertiary/aromatic N) is 1. The Morgan fingerprint density at radius 1 is 1.20 bits per heavy atom. The Kier molecular flexibility index (Phi) is 5.39. The van der Waals surface area contributed by atoms with Crippen molar-refractivity contribution in [2.75, 3.05) is 26.3 Å². The van der Waals surface area contributed by atoms with Crippen molar-refractivity contribution in [2.24, 2.45) is 0 Å². The Balaban J connectivity index is 2.74. The van der Waals surface area contributed by atoms with E-state index in [4.69, 9.17) is 14.2 Å². The molecule has 0 saturated carbocycles. The van der Waals surface area contributed by atoms with Crippen molar-refractivity contribution in [3.8, 4) is 0 Å². The molecule has 1 amide bonds. The van der Waals surface area contributed by atoms with Gasteiger partial charge in [0.15, 0.2) is 5.60 Å². The molecule has 1 aliphatic rings. The van der Waals surface area contributed by atoms with Crippen molar-refractivity contribution >= 4 is 12.1 Å². The predicted molar refractivity (Wildman–Crippen MR) is 73.4 cm³/mol. The molecule has 1 rings (SSSR count). The molecule has 0 aromatic rings. The average Bonchev–Trinajstić information content (AvgIpc) is 2.73. The maximum Gasteiger partial charge on any atom is 0.410 e. The van der Waals surface area contributed by atoms with Crippen LogP contribution in [-0.4, -0.2) is 54.5 Å². The van der Waals surface area contributed by atoms with E-state index in [1.165, 1.54) is 4.90 Å². The highest BCUT2D eigenvalue weighted by molar-refractivity contribution is 5.82. The first kappa shape index (κ1) is 16.8. The van der Waals surface area contributed by atoms with Crippen LogP contribution in [0.25, 0.3) is 0 Å². The summed E-state index contributed by atoms with van der Waals surface area (Å²) in [4.78, 5) is 25.6. The molecule has 0 bridgehead atoms. The second kappa shape index (κ2) is 6.43. The molecule has 0 spiro atoms. The van der Waals surface area contributed by atoms with Gasteiger partial charge >= 0.3 is 12.1 Å². The molecular formula is C14H25NO5. The standard InChI is InChI=1S/C14H25NO5/c1-6-18-11(16)14(19-7-2)8-9-15(10-14)12(17)20-13(3,4)5/h6-10H2,1-5H3. The van der Waals surface area contributed by atoms with Crippen LogP contribution >= 0.6 is 0 Å². The predicted octanol–water partition coefficient (Wildman–Crippen LogP) is 1.97. The van der Waals surface area contributed by atoms with Crippen molar-refractivity contribution < 1.29 is 23.8 Å². The van der Waals surface area contributed by atoms with Gasteiger partial charge in [-0.1, -0.05) is 0 Å². The minimum atomic E-state index is -1.05. The van der Waals surface area contributed by atoms with E-state index in [1.54, 1.807) is 6.92 Å². The van der Waals surface area contributed by atoms with Crippen molar-refractivity contribution in [3.05, 3.63) is 0 Å². The number of amides is 1. The zero-order valence-electron chi connectivity index (χ0n) is 13.0. The van der Waals surface area contributed by atoms with E-state index in [-0.39, 0.29) is 6.54 Å². The number of carbonyl (C=O) groups is 2. The van der Waals surface area contributed by atoms with Crippen molar-refractivity contribution in [1.29, 1.82) is 0 Å². The highest BCUT2D eigenvalue weighted by Gasteiger charge is 2.49. The largest absolute Gasteiger partial charge is 0.464 e. The van der Waals surface area contributed by atoms with Gasteiger partial charge in [-0.3, -0.25) is 0 Å². The summed E-state index contributed by atoms with van der Waals surface area (Å²) in [7, 11) is 0. The second-order valence-corrected chi connectivity index (χ2v) is 5.80. The first-order valence-electron chi connectivity index (χ1n) is 7.03. The lowest BCUT2D eigenvalue weighted by atomic mass is 10.0. The normalized spacial score (nSPS) is 22.8. The van der Waals surface area contributed by atoms with E-state index in [0.717, 1.165) is 0 Å². The first-order chi connectivity index (χ1) is 9.24. The topological polar surface area (TPSA) is 65.1 Å². The summed E-state index contributed by atoms with van der Waals surface area (Å²) >= 11 is 0. The molecular weight excluding hydrogens is 262 g/mol. The van der Waals surface area contributed by atoms with Crippen LogP contribution in [0.5, 0.6) is 0 Å². The molecule has 1 atom stereocenters. The SMILES string of the molecule is CCOC(=O)C1(OCC)CCN(C(=O)OC(C)(C)C)C1. The summed E-state index contributed by atoms with van der Waals surface area (Å²) in [5, 5.41) is 0. The molecule has 20 heavy (non-hydrogen) atoms. The highest BCUT2D eigenvalue weighted by Crippen LogP contribution is 2.28. The molecule has 0 aromatic carbocycles. The number of likely N-dealkylation sites (tertiary alicyclic amines) is 1. The van der Waals surface area contributed by atoms with Gasteiger partial charge in [-0.05, 0) is 34.6 Å². The lowest BCUT2D eigenvalue weighted by Crippen LogP contribution is -2.47. The molecule has 1 aliphatic heterocycles.